The predicted molar refractivity (Wildman–Crippen MR) is 90.4 cm³/mol. The molecular formula is C19H23NO3. The normalized spacial score (nSPS) is 13.9. The van der Waals surface area contributed by atoms with Gasteiger partial charge in [-0.1, -0.05) is 25.1 Å². The summed E-state index contributed by atoms with van der Waals surface area (Å²) in [5, 5.41) is 0. The molecule has 0 radical (unpaired) electrons. The second-order valence-electron chi connectivity index (χ2n) is 5.75. The first kappa shape index (κ1) is 15.7. The Hall–Kier alpha value is -2.20. The average molecular weight is 313 g/mol. The lowest BCUT2D eigenvalue weighted by atomic mass is 9.90. The van der Waals surface area contributed by atoms with Gasteiger partial charge in [-0.25, -0.2) is 0 Å². The molecule has 2 aromatic rings. The summed E-state index contributed by atoms with van der Waals surface area (Å²) < 4.78 is 16.2. The molecule has 0 spiro atoms. The number of ether oxygens (including phenoxy) is 3. The van der Waals surface area contributed by atoms with Gasteiger partial charge in [-0.05, 0) is 54.3 Å². The molecule has 4 heteroatoms. The minimum atomic E-state index is 0.270. The summed E-state index contributed by atoms with van der Waals surface area (Å²) in [6, 6.07) is 12.5. The third-order valence-corrected chi connectivity index (χ3v) is 4.36. The molecule has 3 rings (SSSR count). The number of benzene rings is 2. The van der Waals surface area contributed by atoms with Crippen LogP contribution in [0.1, 0.15) is 29.5 Å². The monoisotopic (exact) mass is 313 g/mol. The zero-order valence-electron chi connectivity index (χ0n) is 13.7. The maximum Gasteiger partial charge on any atom is 0.231 e. The zero-order valence-corrected chi connectivity index (χ0v) is 13.7. The van der Waals surface area contributed by atoms with Crippen LogP contribution in [-0.2, 0) is 12.8 Å². The molecule has 1 unspecified atom stereocenters. The second-order valence-corrected chi connectivity index (χ2v) is 5.75. The Morgan fingerprint density at radius 2 is 1.96 bits per heavy atom. The molecule has 0 bridgehead atoms. The van der Waals surface area contributed by atoms with Crippen LogP contribution in [0.15, 0.2) is 36.4 Å². The van der Waals surface area contributed by atoms with Crippen LogP contribution in [0, 0.1) is 0 Å². The van der Waals surface area contributed by atoms with Crippen LogP contribution in [0.4, 0.5) is 0 Å². The predicted octanol–water partition coefficient (Wildman–Crippen LogP) is 3.27. The molecule has 23 heavy (non-hydrogen) atoms. The topological polar surface area (TPSA) is 53.7 Å². The average Bonchev–Trinajstić information content (AvgIpc) is 3.06. The van der Waals surface area contributed by atoms with E-state index >= 15 is 0 Å². The summed E-state index contributed by atoms with van der Waals surface area (Å²) in [6.07, 6.45) is 1.82. The van der Waals surface area contributed by atoms with Crippen molar-refractivity contribution in [2.75, 3.05) is 20.4 Å². The van der Waals surface area contributed by atoms with E-state index in [0.717, 1.165) is 30.1 Å². The van der Waals surface area contributed by atoms with Gasteiger partial charge in [0, 0.05) is 5.92 Å². The van der Waals surface area contributed by atoms with Gasteiger partial charge in [0.05, 0.1) is 7.11 Å². The molecule has 2 aromatic carbocycles. The minimum Gasteiger partial charge on any atom is -0.496 e. The molecule has 1 aliphatic heterocycles. The van der Waals surface area contributed by atoms with Gasteiger partial charge in [0.15, 0.2) is 11.5 Å². The Kier molecular flexibility index (Phi) is 4.72. The zero-order chi connectivity index (χ0) is 16.2. The molecular weight excluding hydrogens is 290 g/mol. The van der Waals surface area contributed by atoms with E-state index in [-0.39, 0.29) is 5.92 Å². The molecule has 1 aliphatic rings. The Balaban J connectivity index is 1.82. The lowest BCUT2D eigenvalue weighted by Crippen LogP contribution is -2.15. The van der Waals surface area contributed by atoms with Crippen LogP contribution >= 0.6 is 0 Å². The van der Waals surface area contributed by atoms with E-state index in [9.17, 15) is 0 Å². The molecule has 1 atom stereocenters. The molecule has 0 saturated heterocycles. The highest BCUT2D eigenvalue weighted by atomic mass is 16.7. The van der Waals surface area contributed by atoms with Crippen LogP contribution in [0.25, 0.3) is 0 Å². The Labute approximate surface area is 137 Å². The summed E-state index contributed by atoms with van der Waals surface area (Å²) in [7, 11) is 1.71. The summed E-state index contributed by atoms with van der Waals surface area (Å²) in [5.74, 6) is 2.85. The summed E-state index contributed by atoms with van der Waals surface area (Å²) in [4.78, 5) is 0. The SMILES string of the molecule is CCc1cc(C(CN)Cc2ccc3c(c2)OCO3)ccc1OC. The van der Waals surface area contributed by atoms with Crippen LogP contribution in [0.3, 0.4) is 0 Å². The number of fused-ring (bicyclic) bond motifs is 1. The summed E-state index contributed by atoms with van der Waals surface area (Å²) in [5.41, 5.74) is 9.72. The summed E-state index contributed by atoms with van der Waals surface area (Å²) in [6.45, 7) is 3.04. The maximum atomic E-state index is 6.04. The Morgan fingerprint density at radius 3 is 2.70 bits per heavy atom. The Morgan fingerprint density at radius 1 is 1.13 bits per heavy atom. The van der Waals surface area contributed by atoms with E-state index < -0.39 is 0 Å². The molecule has 2 N–H and O–H groups in total. The van der Waals surface area contributed by atoms with Crippen LogP contribution in [0.2, 0.25) is 0 Å². The molecule has 0 aromatic heterocycles. The van der Waals surface area contributed by atoms with Gasteiger partial charge < -0.3 is 19.9 Å². The molecule has 1 heterocycles. The van der Waals surface area contributed by atoms with E-state index in [1.54, 1.807) is 7.11 Å². The van der Waals surface area contributed by atoms with Gasteiger partial charge in [0.25, 0.3) is 0 Å². The van der Waals surface area contributed by atoms with E-state index in [1.807, 2.05) is 12.1 Å². The highest BCUT2D eigenvalue weighted by Crippen LogP contribution is 2.34. The fourth-order valence-electron chi connectivity index (χ4n) is 3.02. The molecule has 0 amide bonds. The van der Waals surface area contributed by atoms with E-state index in [2.05, 4.69) is 31.2 Å². The van der Waals surface area contributed by atoms with Crippen molar-refractivity contribution in [1.29, 1.82) is 0 Å². The summed E-state index contributed by atoms with van der Waals surface area (Å²) >= 11 is 0. The highest BCUT2D eigenvalue weighted by molar-refractivity contribution is 5.45. The largest absolute Gasteiger partial charge is 0.496 e. The van der Waals surface area contributed by atoms with Gasteiger partial charge >= 0.3 is 0 Å². The number of rotatable bonds is 6. The Bertz CT molecular complexity index is 684. The van der Waals surface area contributed by atoms with Gasteiger partial charge in [-0.2, -0.15) is 0 Å². The van der Waals surface area contributed by atoms with Crippen molar-refractivity contribution in [2.24, 2.45) is 5.73 Å². The van der Waals surface area contributed by atoms with Crippen molar-refractivity contribution in [2.45, 2.75) is 25.7 Å². The van der Waals surface area contributed by atoms with Gasteiger partial charge in [0.1, 0.15) is 5.75 Å². The smallest absolute Gasteiger partial charge is 0.231 e. The maximum absolute atomic E-state index is 6.04. The van der Waals surface area contributed by atoms with Gasteiger partial charge in [-0.3, -0.25) is 0 Å². The third-order valence-electron chi connectivity index (χ3n) is 4.36. The number of methoxy groups -OCH3 is 1. The molecule has 122 valence electrons. The first-order valence-corrected chi connectivity index (χ1v) is 8.00. The fourth-order valence-corrected chi connectivity index (χ4v) is 3.02. The van der Waals surface area contributed by atoms with Crippen LogP contribution < -0.4 is 19.9 Å². The van der Waals surface area contributed by atoms with Crippen molar-refractivity contribution in [3.05, 3.63) is 53.1 Å². The van der Waals surface area contributed by atoms with E-state index in [4.69, 9.17) is 19.9 Å². The molecule has 0 aliphatic carbocycles. The third kappa shape index (κ3) is 3.27. The van der Waals surface area contributed by atoms with E-state index in [0.29, 0.717) is 13.3 Å². The lowest BCUT2D eigenvalue weighted by Gasteiger charge is -2.18. The fraction of sp³-hybridized carbons (Fsp3) is 0.368. The standard InChI is InChI=1S/C19H23NO3/c1-3-14-10-15(5-7-17(14)21-2)16(11-20)8-13-4-6-18-19(9-13)23-12-22-18/h4-7,9-10,16H,3,8,11-12,20H2,1-2H3. The first-order chi connectivity index (χ1) is 11.2. The van der Waals surface area contributed by atoms with E-state index in [1.165, 1.54) is 16.7 Å². The van der Waals surface area contributed by atoms with Crippen molar-refractivity contribution in [1.82, 2.24) is 0 Å². The van der Waals surface area contributed by atoms with Crippen LogP contribution in [0.5, 0.6) is 17.2 Å². The van der Waals surface area contributed by atoms with Crippen molar-refractivity contribution >= 4 is 0 Å². The lowest BCUT2D eigenvalue weighted by molar-refractivity contribution is 0.174. The van der Waals surface area contributed by atoms with Gasteiger partial charge in [0.2, 0.25) is 6.79 Å². The number of nitrogens with two attached hydrogens (primary N) is 1. The second kappa shape index (κ2) is 6.92. The quantitative estimate of drug-likeness (QED) is 0.889. The highest BCUT2D eigenvalue weighted by Gasteiger charge is 2.17. The molecule has 4 nitrogen and oxygen atoms in total. The van der Waals surface area contributed by atoms with Gasteiger partial charge in [-0.15, -0.1) is 0 Å². The van der Waals surface area contributed by atoms with Crippen molar-refractivity contribution in [3.63, 3.8) is 0 Å². The van der Waals surface area contributed by atoms with Crippen molar-refractivity contribution in [3.8, 4) is 17.2 Å². The molecule has 0 saturated carbocycles. The first-order valence-electron chi connectivity index (χ1n) is 8.00. The number of hydrogen-bond acceptors (Lipinski definition) is 4. The number of hydrogen-bond donors (Lipinski definition) is 1. The minimum absolute atomic E-state index is 0.270. The van der Waals surface area contributed by atoms with Crippen molar-refractivity contribution < 1.29 is 14.2 Å². The molecule has 0 fully saturated rings. The van der Waals surface area contributed by atoms with Crippen LogP contribution in [-0.4, -0.2) is 20.4 Å². The number of aryl methyl sites for hydroxylation is 1.